The minimum absolute atomic E-state index is 1.11. The summed E-state index contributed by atoms with van der Waals surface area (Å²) in [7, 11) is 0. The largest absolute Gasteiger partial charge is 0.254 e. The fourth-order valence-corrected chi connectivity index (χ4v) is 5.18. The summed E-state index contributed by atoms with van der Waals surface area (Å²) in [5, 5.41) is 7.31. The van der Waals surface area contributed by atoms with Gasteiger partial charge in [0.15, 0.2) is 0 Å². The van der Waals surface area contributed by atoms with E-state index < -0.39 is 0 Å². The number of hydrogen-bond donors (Lipinski definition) is 0. The van der Waals surface area contributed by atoms with Gasteiger partial charge in [-0.2, -0.15) is 0 Å². The third-order valence-electron chi connectivity index (χ3n) is 3.80. The molecule has 0 aliphatic heterocycles. The molecule has 2 aromatic carbocycles. The Bertz CT molecular complexity index is 1100. The Kier molecular flexibility index (Phi) is 2.04. The van der Waals surface area contributed by atoms with Crippen LogP contribution < -0.4 is 0 Å². The van der Waals surface area contributed by atoms with Gasteiger partial charge in [0.25, 0.3) is 0 Å². The molecule has 0 bridgehead atoms. The maximum absolute atomic E-state index is 4.73. The van der Waals surface area contributed by atoms with Crippen LogP contribution in [0.2, 0.25) is 0 Å². The van der Waals surface area contributed by atoms with Gasteiger partial charge in [-0.3, -0.25) is 4.98 Å². The smallest absolute Gasteiger partial charge is 0.0787 e. The first-order chi connectivity index (χ1) is 9.92. The second-order valence-corrected chi connectivity index (χ2v) is 6.90. The number of nitrogens with zero attached hydrogens (tertiary/aromatic N) is 1. The Morgan fingerprint density at radius 2 is 1.80 bits per heavy atom. The van der Waals surface area contributed by atoms with Gasteiger partial charge in [-0.1, -0.05) is 36.4 Å². The summed E-state index contributed by atoms with van der Waals surface area (Å²) >= 11 is 3.66. The zero-order valence-corrected chi connectivity index (χ0v) is 12.1. The fourth-order valence-electron chi connectivity index (χ4n) is 2.91. The molecule has 0 atom stereocenters. The van der Waals surface area contributed by atoms with Gasteiger partial charge in [0.1, 0.15) is 0 Å². The van der Waals surface area contributed by atoms with E-state index in [0.717, 1.165) is 5.52 Å². The molecule has 5 rings (SSSR count). The topological polar surface area (TPSA) is 12.9 Å². The molecule has 0 unspecified atom stereocenters. The number of fused-ring (bicyclic) bond motifs is 7. The SMILES string of the molecule is c1ccc2c(c1)ccc1c2ncc2sc3ccsc3c21. The van der Waals surface area contributed by atoms with Crippen molar-refractivity contribution >= 4 is 63.8 Å². The number of benzene rings is 2. The Morgan fingerprint density at radius 1 is 0.850 bits per heavy atom. The summed E-state index contributed by atoms with van der Waals surface area (Å²) in [4.78, 5) is 4.73. The van der Waals surface area contributed by atoms with E-state index in [4.69, 9.17) is 4.98 Å². The second-order valence-electron chi connectivity index (χ2n) is 4.90. The van der Waals surface area contributed by atoms with Gasteiger partial charge in [0.2, 0.25) is 0 Å². The molecule has 0 saturated heterocycles. The Hall–Kier alpha value is -1.97. The van der Waals surface area contributed by atoms with E-state index in [0.29, 0.717) is 0 Å². The minimum atomic E-state index is 1.11. The van der Waals surface area contributed by atoms with Crippen molar-refractivity contribution in [1.29, 1.82) is 0 Å². The van der Waals surface area contributed by atoms with Crippen molar-refractivity contribution < 1.29 is 0 Å². The van der Waals surface area contributed by atoms with Crippen molar-refractivity contribution in [3.8, 4) is 0 Å². The fraction of sp³-hybridized carbons (Fsp3) is 0. The van der Waals surface area contributed by atoms with Crippen LogP contribution in [0, 0.1) is 0 Å². The first-order valence-electron chi connectivity index (χ1n) is 6.48. The van der Waals surface area contributed by atoms with Crippen LogP contribution >= 0.6 is 22.7 Å². The Balaban J connectivity index is 2.13. The van der Waals surface area contributed by atoms with Gasteiger partial charge in [0.05, 0.1) is 14.9 Å². The van der Waals surface area contributed by atoms with Gasteiger partial charge < -0.3 is 0 Å². The van der Waals surface area contributed by atoms with Crippen molar-refractivity contribution in [2.75, 3.05) is 0 Å². The van der Waals surface area contributed by atoms with Crippen LogP contribution in [0.15, 0.2) is 54.0 Å². The lowest BCUT2D eigenvalue weighted by Gasteiger charge is -2.04. The zero-order valence-electron chi connectivity index (χ0n) is 10.5. The molecule has 0 saturated carbocycles. The van der Waals surface area contributed by atoms with E-state index in [1.54, 1.807) is 0 Å². The average Bonchev–Trinajstić information content (AvgIpc) is 3.06. The predicted octanol–water partition coefficient (Wildman–Crippen LogP) is 5.82. The van der Waals surface area contributed by atoms with Crippen molar-refractivity contribution in [1.82, 2.24) is 4.98 Å². The van der Waals surface area contributed by atoms with Crippen molar-refractivity contribution in [3.63, 3.8) is 0 Å². The molecule has 0 spiro atoms. The first kappa shape index (κ1) is 10.8. The van der Waals surface area contributed by atoms with Crippen LogP contribution in [0.1, 0.15) is 0 Å². The minimum Gasteiger partial charge on any atom is -0.254 e. The van der Waals surface area contributed by atoms with E-state index in [-0.39, 0.29) is 0 Å². The van der Waals surface area contributed by atoms with E-state index in [2.05, 4.69) is 47.8 Å². The summed E-state index contributed by atoms with van der Waals surface area (Å²) in [5.41, 5.74) is 1.11. The molecule has 5 aromatic rings. The number of aromatic nitrogens is 1. The molecule has 20 heavy (non-hydrogen) atoms. The molecule has 0 amide bonds. The Morgan fingerprint density at radius 3 is 2.80 bits per heavy atom. The van der Waals surface area contributed by atoms with E-state index in [1.165, 1.54) is 35.6 Å². The van der Waals surface area contributed by atoms with Gasteiger partial charge >= 0.3 is 0 Å². The number of hydrogen-bond acceptors (Lipinski definition) is 3. The molecule has 3 heterocycles. The summed E-state index contributed by atoms with van der Waals surface area (Å²) in [6.07, 6.45) is 2.03. The molecule has 0 radical (unpaired) electrons. The highest BCUT2D eigenvalue weighted by atomic mass is 32.1. The van der Waals surface area contributed by atoms with E-state index in [9.17, 15) is 0 Å². The molecular formula is C17H9NS2. The van der Waals surface area contributed by atoms with Gasteiger partial charge in [0, 0.05) is 27.1 Å². The van der Waals surface area contributed by atoms with Crippen LogP contribution in [0.5, 0.6) is 0 Å². The number of pyridine rings is 1. The molecule has 0 N–H and O–H groups in total. The lowest BCUT2D eigenvalue weighted by Crippen LogP contribution is -1.81. The lowest BCUT2D eigenvalue weighted by molar-refractivity contribution is 1.47. The van der Waals surface area contributed by atoms with E-state index in [1.807, 2.05) is 28.9 Å². The van der Waals surface area contributed by atoms with Gasteiger partial charge in [-0.25, -0.2) is 0 Å². The zero-order chi connectivity index (χ0) is 13.1. The van der Waals surface area contributed by atoms with Crippen LogP contribution in [0.25, 0.3) is 41.2 Å². The normalized spacial score (nSPS) is 12.0. The van der Waals surface area contributed by atoms with Crippen LogP contribution in [-0.4, -0.2) is 4.98 Å². The average molecular weight is 291 g/mol. The Labute approximate surface area is 123 Å². The lowest BCUT2D eigenvalue weighted by atomic mass is 10.0. The summed E-state index contributed by atoms with van der Waals surface area (Å²) in [6, 6.07) is 15.1. The molecule has 0 aliphatic carbocycles. The predicted molar refractivity (Wildman–Crippen MR) is 90.0 cm³/mol. The van der Waals surface area contributed by atoms with Gasteiger partial charge in [-0.05, 0) is 16.8 Å². The second kappa shape index (κ2) is 3.78. The van der Waals surface area contributed by atoms with Crippen LogP contribution in [0.3, 0.4) is 0 Å². The quantitative estimate of drug-likeness (QED) is 0.328. The highest BCUT2D eigenvalue weighted by Gasteiger charge is 2.11. The summed E-state index contributed by atoms with van der Waals surface area (Å²) in [6.45, 7) is 0. The van der Waals surface area contributed by atoms with E-state index >= 15 is 0 Å². The third-order valence-corrected chi connectivity index (χ3v) is 5.95. The highest BCUT2D eigenvalue weighted by Crippen LogP contribution is 2.41. The van der Waals surface area contributed by atoms with Crippen molar-refractivity contribution in [2.45, 2.75) is 0 Å². The summed E-state index contributed by atoms with van der Waals surface area (Å²) < 4.78 is 4.05. The third kappa shape index (κ3) is 1.29. The number of thiophene rings is 2. The standard InChI is InChI=1S/C17H9NS2/c1-2-4-11-10(3-1)5-6-12-15-14(9-18-16(11)12)20-13-7-8-19-17(13)15/h1-9H. The van der Waals surface area contributed by atoms with Crippen LogP contribution in [-0.2, 0) is 0 Å². The molecule has 3 aromatic heterocycles. The summed E-state index contributed by atoms with van der Waals surface area (Å²) in [5.74, 6) is 0. The molecular weight excluding hydrogens is 282 g/mol. The monoisotopic (exact) mass is 291 g/mol. The maximum atomic E-state index is 4.73. The van der Waals surface area contributed by atoms with Crippen molar-refractivity contribution in [2.24, 2.45) is 0 Å². The van der Waals surface area contributed by atoms with Crippen LogP contribution in [0.4, 0.5) is 0 Å². The highest BCUT2D eigenvalue weighted by molar-refractivity contribution is 7.32. The molecule has 1 nitrogen and oxygen atoms in total. The molecule has 0 fully saturated rings. The number of rotatable bonds is 0. The molecule has 0 aliphatic rings. The maximum Gasteiger partial charge on any atom is 0.0787 e. The molecule has 3 heteroatoms. The van der Waals surface area contributed by atoms with Crippen molar-refractivity contribution in [3.05, 3.63) is 54.0 Å². The van der Waals surface area contributed by atoms with Gasteiger partial charge in [-0.15, -0.1) is 22.7 Å². The first-order valence-corrected chi connectivity index (χ1v) is 8.17. The molecule has 94 valence electrons.